The fraction of sp³-hybridized carbons (Fsp3) is 0.375. The van der Waals surface area contributed by atoms with Crippen LogP contribution < -0.4 is 15.0 Å². The summed E-state index contributed by atoms with van der Waals surface area (Å²) in [4.78, 5) is 30.9. The number of esters is 1. The third-order valence-corrected chi connectivity index (χ3v) is 5.55. The van der Waals surface area contributed by atoms with Crippen molar-refractivity contribution in [2.45, 2.75) is 33.1 Å². The number of carbonyl (C=O) groups is 2. The Morgan fingerprint density at radius 2 is 1.93 bits per heavy atom. The van der Waals surface area contributed by atoms with E-state index in [0.29, 0.717) is 12.3 Å². The predicted octanol–water partition coefficient (Wildman–Crippen LogP) is 3.48. The van der Waals surface area contributed by atoms with Gasteiger partial charge in [0.2, 0.25) is 5.91 Å². The molecule has 1 amide bonds. The number of ether oxygens (including phenoxy) is 1. The summed E-state index contributed by atoms with van der Waals surface area (Å²) in [5, 5.41) is 2.85. The second-order valence-electron chi connectivity index (χ2n) is 7.39. The molecule has 1 aromatic carbocycles. The summed E-state index contributed by atoms with van der Waals surface area (Å²) in [5.74, 6) is -0.474. The number of nitrogens with one attached hydrogen (secondary N) is 1. The molecule has 6 nitrogen and oxygen atoms in total. The lowest BCUT2D eigenvalue weighted by atomic mass is 9.84. The second kappa shape index (κ2) is 10.1. The van der Waals surface area contributed by atoms with Crippen LogP contribution in [-0.2, 0) is 16.0 Å². The Labute approximate surface area is 178 Å². The van der Waals surface area contributed by atoms with Crippen LogP contribution in [0.25, 0.3) is 0 Å². The van der Waals surface area contributed by atoms with Crippen LogP contribution >= 0.6 is 0 Å². The van der Waals surface area contributed by atoms with Gasteiger partial charge in [-0.15, -0.1) is 0 Å². The maximum atomic E-state index is 12.6. The van der Waals surface area contributed by atoms with Crippen molar-refractivity contribution in [3.8, 4) is 5.75 Å². The van der Waals surface area contributed by atoms with Crippen LogP contribution in [0.15, 0.2) is 54.9 Å². The number of rotatable bonds is 8. The molecule has 0 aliphatic carbocycles. The number of carbonyl (C=O) groups excluding carboxylic acids is 2. The number of pyridine rings is 1. The minimum atomic E-state index is -0.484. The molecule has 0 fully saturated rings. The van der Waals surface area contributed by atoms with Crippen molar-refractivity contribution in [1.82, 2.24) is 10.3 Å². The molecule has 0 saturated heterocycles. The topological polar surface area (TPSA) is 71.5 Å². The first-order chi connectivity index (χ1) is 14.5. The Morgan fingerprint density at radius 3 is 2.63 bits per heavy atom. The van der Waals surface area contributed by atoms with E-state index in [-0.39, 0.29) is 17.8 Å². The minimum absolute atomic E-state index is 0.0622. The second-order valence-corrected chi connectivity index (χ2v) is 7.39. The molecular weight excluding hydrogens is 378 g/mol. The number of fused-ring (bicyclic) bond motifs is 1. The van der Waals surface area contributed by atoms with Crippen molar-refractivity contribution in [2.75, 3.05) is 24.5 Å². The summed E-state index contributed by atoms with van der Waals surface area (Å²) in [6.45, 7) is 8.49. The molecular formula is C24H29N3O3. The van der Waals surface area contributed by atoms with Crippen molar-refractivity contribution in [2.24, 2.45) is 5.92 Å². The van der Waals surface area contributed by atoms with E-state index in [9.17, 15) is 9.59 Å². The Bertz CT molecular complexity index is 907. The lowest BCUT2D eigenvalue weighted by molar-refractivity contribution is -0.139. The van der Waals surface area contributed by atoms with E-state index in [4.69, 9.17) is 4.74 Å². The fourth-order valence-corrected chi connectivity index (χ4v) is 3.72. The van der Waals surface area contributed by atoms with Gasteiger partial charge in [0, 0.05) is 49.7 Å². The number of hydrogen-bond acceptors (Lipinski definition) is 5. The first kappa shape index (κ1) is 21.6. The highest BCUT2D eigenvalue weighted by molar-refractivity contribution is 5.89. The summed E-state index contributed by atoms with van der Waals surface area (Å²) in [5.41, 5.74) is 3.14. The molecule has 1 aromatic heterocycles. The van der Waals surface area contributed by atoms with E-state index in [1.807, 2.05) is 31.2 Å². The highest BCUT2D eigenvalue weighted by Crippen LogP contribution is 2.40. The van der Waals surface area contributed by atoms with Gasteiger partial charge in [0.05, 0.1) is 5.92 Å². The monoisotopic (exact) mass is 407 g/mol. The molecule has 0 spiro atoms. The molecule has 0 bridgehead atoms. The minimum Gasteiger partial charge on any atom is -0.426 e. The number of anilines is 1. The molecule has 3 rings (SSSR count). The summed E-state index contributed by atoms with van der Waals surface area (Å²) in [6, 6.07) is 9.86. The van der Waals surface area contributed by atoms with Crippen LogP contribution in [-0.4, -0.2) is 36.5 Å². The molecule has 0 saturated carbocycles. The third kappa shape index (κ3) is 5.06. The number of amides is 1. The van der Waals surface area contributed by atoms with Crippen LogP contribution in [0.5, 0.6) is 5.75 Å². The van der Waals surface area contributed by atoms with Gasteiger partial charge in [-0.1, -0.05) is 19.1 Å². The Kier molecular flexibility index (Phi) is 7.22. The lowest BCUT2D eigenvalue weighted by Crippen LogP contribution is -2.30. The van der Waals surface area contributed by atoms with Crippen LogP contribution in [0.3, 0.4) is 0 Å². The van der Waals surface area contributed by atoms with E-state index in [2.05, 4.69) is 35.1 Å². The summed E-state index contributed by atoms with van der Waals surface area (Å²) < 4.78 is 5.61. The van der Waals surface area contributed by atoms with Gasteiger partial charge in [-0.2, -0.15) is 0 Å². The molecule has 2 atom stereocenters. The molecule has 1 aliphatic heterocycles. The van der Waals surface area contributed by atoms with Gasteiger partial charge in [0.25, 0.3) is 0 Å². The van der Waals surface area contributed by atoms with Gasteiger partial charge in [0.1, 0.15) is 5.75 Å². The Morgan fingerprint density at radius 1 is 1.20 bits per heavy atom. The molecule has 1 aliphatic rings. The van der Waals surface area contributed by atoms with Gasteiger partial charge >= 0.3 is 5.97 Å². The maximum Gasteiger partial charge on any atom is 0.318 e. The molecule has 30 heavy (non-hydrogen) atoms. The highest BCUT2D eigenvalue weighted by atomic mass is 16.5. The zero-order valence-corrected chi connectivity index (χ0v) is 17.8. The first-order valence-corrected chi connectivity index (χ1v) is 10.5. The van der Waals surface area contributed by atoms with Crippen molar-refractivity contribution in [1.29, 1.82) is 0 Å². The van der Waals surface area contributed by atoms with Crippen molar-refractivity contribution >= 4 is 17.6 Å². The number of benzene rings is 1. The SMILES string of the molecule is CCN(CC)c1ccc2c(c1)OC(=O)C(C=CC(=O)NCCc1ccncc1)C2C. The van der Waals surface area contributed by atoms with Gasteiger partial charge < -0.3 is 15.0 Å². The van der Waals surface area contributed by atoms with E-state index in [0.717, 1.165) is 36.3 Å². The van der Waals surface area contributed by atoms with E-state index in [1.54, 1.807) is 18.5 Å². The van der Waals surface area contributed by atoms with Gasteiger partial charge in [0.15, 0.2) is 0 Å². The molecule has 1 N–H and O–H groups in total. The average Bonchev–Trinajstić information content (AvgIpc) is 2.75. The van der Waals surface area contributed by atoms with Crippen LogP contribution in [0, 0.1) is 5.92 Å². The number of hydrogen-bond donors (Lipinski definition) is 1. The van der Waals surface area contributed by atoms with E-state index in [1.165, 1.54) is 6.08 Å². The summed E-state index contributed by atoms with van der Waals surface area (Å²) >= 11 is 0. The number of aromatic nitrogens is 1. The lowest BCUT2D eigenvalue weighted by Gasteiger charge is -2.29. The third-order valence-electron chi connectivity index (χ3n) is 5.55. The molecule has 158 valence electrons. The van der Waals surface area contributed by atoms with Gasteiger partial charge in [-0.05, 0) is 55.7 Å². The summed E-state index contributed by atoms with van der Waals surface area (Å²) in [6.07, 6.45) is 7.28. The first-order valence-electron chi connectivity index (χ1n) is 10.5. The largest absolute Gasteiger partial charge is 0.426 e. The normalized spacial score (nSPS) is 18.0. The fourth-order valence-electron chi connectivity index (χ4n) is 3.72. The molecule has 2 unspecified atom stereocenters. The quantitative estimate of drug-likeness (QED) is 0.412. The molecule has 0 radical (unpaired) electrons. The van der Waals surface area contributed by atoms with Crippen molar-refractivity contribution in [3.05, 3.63) is 66.0 Å². The zero-order chi connectivity index (χ0) is 21.5. The van der Waals surface area contributed by atoms with Crippen LogP contribution in [0.1, 0.15) is 37.8 Å². The van der Waals surface area contributed by atoms with Crippen LogP contribution in [0.2, 0.25) is 0 Å². The van der Waals surface area contributed by atoms with Crippen molar-refractivity contribution < 1.29 is 14.3 Å². The maximum absolute atomic E-state index is 12.6. The Balaban J connectivity index is 1.62. The average molecular weight is 408 g/mol. The van der Waals surface area contributed by atoms with Gasteiger partial charge in [-0.3, -0.25) is 14.6 Å². The van der Waals surface area contributed by atoms with E-state index >= 15 is 0 Å². The zero-order valence-electron chi connectivity index (χ0n) is 17.8. The Hall–Kier alpha value is -3.15. The number of nitrogens with zero attached hydrogens (tertiary/aromatic N) is 2. The molecule has 6 heteroatoms. The molecule has 2 aromatic rings. The summed E-state index contributed by atoms with van der Waals surface area (Å²) in [7, 11) is 0. The van der Waals surface area contributed by atoms with Crippen LogP contribution in [0.4, 0.5) is 5.69 Å². The standard InChI is InChI=1S/C24H29N3O3/c1-4-27(5-2)19-6-7-20-17(3)21(24(29)30-22(20)16-19)8-9-23(28)26-15-12-18-10-13-25-14-11-18/h6-11,13-14,16-17,21H,4-5,12,15H2,1-3H3,(H,26,28). The highest BCUT2D eigenvalue weighted by Gasteiger charge is 2.33. The molecule has 2 heterocycles. The van der Waals surface area contributed by atoms with Crippen molar-refractivity contribution in [3.63, 3.8) is 0 Å². The van der Waals surface area contributed by atoms with E-state index < -0.39 is 5.92 Å². The smallest absolute Gasteiger partial charge is 0.318 e. The van der Waals surface area contributed by atoms with Gasteiger partial charge in [-0.25, -0.2) is 0 Å². The predicted molar refractivity (Wildman–Crippen MR) is 118 cm³/mol.